The molecule has 82 valence electrons. The van der Waals surface area contributed by atoms with Crippen LogP contribution >= 0.6 is 0 Å². The van der Waals surface area contributed by atoms with Gasteiger partial charge in [0.05, 0.1) is 0 Å². The fraction of sp³-hybridized carbons (Fsp3) is 0.333. The van der Waals surface area contributed by atoms with Crippen LogP contribution in [-0.2, 0) is 6.42 Å². The number of benzene rings is 1. The third kappa shape index (κ3) is 2.43. The highest BCUT2D eigenvalue weighted by Gasteiger charge is 2.13. The van der Waals surface area contributed by atoms with Gasteiger partial charge < -0.3 is 15.3 Å². The molecule has 0 saturated heterocycles. The van der Waals surface area contributed by atoms with Crippen molar-refractivity contribution in [3.8, 4) is 17.2 Å². The number of allylic oxidation sites excluding steroid dienone is 2. The Balaban J connectivity index is 3.18. The smallest absolute Gasteiger partial charge is 0.200 e. The Labute approximate surface area is 89.3 Å². The number of phenols is 3. The Kier molecular flexibility index (Phi) is 3.24. The van der Waals surface area contributed by atoms with E-state index in [1.54, 1.807) is 6.92 Å². The second-order valence-electron chi connectivity index (χ2n) is 3.87. The summed E-state index contributed by atoms with van der Waals surface area (Å²) in [6.07, 6.45) is 2.51. The van der Waals surface area contributed by atoms with E-state index in [1.807, 2.05) is 19.9 Å². The minimum atomic E-state index is -0.447. The molecule has 3 N–H and O–H groups in total. The topological polar surface area (TPSA) is 60.7 Å². The van der Waals surface area contributed by atoms with Gasteiger partial charge in [0.15, 0.2) is 11.5 Å². The second-order valence-corrected chi connectivity index (χ2v) is 3.87. The van der Waals surface area contributed by atoms with E-state index < -0.39 is 5.75 Å². The minimum Gasteiger partial charge on any atom is -0.504 e. The van der Waals surface area contributed by atoms with Crippen molar-refractivity contribution in [1.29, 1.82) is 0 Å². The maximum Gasteiger partial charge on any atom is 0.200 e. The molecule has 3 heteroatoms. The summed E-state index contributed by atoms with van der Waals surface area (Å²) >= 11 is 0. The monoisotopic (exact) mass is 208 g/mol. The molecule has 0 spiro atoms. The Morgan fingerprint density at radius 3 is 2.33 bits per heavy atom. The first-order chi connectivity index (χ1) is 6.93. The molecular formula is C12H16O3. The molecule has 0 aliphatic rings. The van der Waals surface area contributed by atoms with Crippen LogP contribution in [0.15, 0.2) is 17.7 Å². The van der Waals surface area contributed by atoms with E-state index >= 15 is 0 Å². The van der Waals surface area contributed by atoms with Gasteiger partial charge in [0, 0.05) is 5.56 Å². The van der Waals surface area contributed by atoms with E-state index in [1.165, 1.54) is 6.07 Å². The normalized spacial score (nSPS) is 10.1. The number of hydrogen-bond acceptors (Lipinski definition) is 3. The number of rotatable bonds is 2. The molecule has 1 rings (SSSR count). The van der Waals surface area contributed by atoms with E-state index in [4.69, 9.17) is 0 Å². The van der Waals surface area contributed by atoms with Crippen molar-refractivity contribution in [3.63, 3.8) is 0 Å². The van der Waals surface area contributed by atoms with Crippen LogP contribution in [0.4, 0.5) is 0 Å². The molecule has 0 aliphatic carbocycles. The number of aromatic hydroxyl groups is 3. The molecule has 0 amide bonds. The first-order valence-corrected chi connectivity index (χ1v) is 4.80. The zero-order valence-corrected chi connectivity index (χ0v) is 9.20. The Morgan fingerprint density at radius 2 is 1.80 bits per heavy atom. The lowest BCUT2D eigenvalue weighted by Gasteiger charge is -2.09. The lowest BCUT2D eigenvalue weighted by Crippen LogP contribution is -1.89. The average Bonchev–Trinajstić information content (AvgIpc) is 2.14. The molecule has 0 fully saturated rings. The molecule has 15 heavy (non-hydrogen) atoms. The summed E-state index contributed by atoms with van der Waals surface area (Å²) in [4.78, 5) is 0. The van der Waals surface area contributed by atoms with E-state index in [9.17, 15) is 15.3 Å². The fourth-order valence-corrected chi connectivity index (χ4v) is 1.38. The van der Waals surface area contributed by atoms with Gasteiger partial charge in [0.25, 0.3) is 0 Å². The highest BCUT2D eigenvalue weighted by molar-refractivity contribution is 5.57. The molecular weight excluding hydrogens is 192 g/mol. The lowest BCUT2D eigenvalue weighted by atomic mass is 10.0. The lowest BCUT2D eigenvalue weighted by molar-refractivity contribution is 0.365. The molecule has 0 unspecified atom stereocenters. The van der Waals surface area contributed by atoms with E-state index in [2.05, 4.69) is 0 Å². The third-order valence-corrected chi connectivity index (χ3v) is 2.30. The van der Waals surface area contributed by atoms with Crippen molar-refractivity contribution in [3.05, 3.63) is 28.8 Å². The van der Waals surface area contributed by atoms with Gasteiger partial charge in [0.1, 0.15) is 0 Å². The summed E-state index contributed by atoms with van der Waals surface area (Å²) in [7, 11) is 0. The van der Waals surface area contributed by atoms with Crippen molar-refractivity contribution in [1.82, 2.24) is 0 Å². The second kappa shape index (κ2) is 4.26. The van der Waals surface area contributed by atoms with Crippen LogP contribution in [0, 0.1) is 6.92 Å². The van der Waals surface area contributed by atoms with Crippen molar-refractivity contribution in [2.75, 3.05) is 0 Å². The molecule has 0 bridgehead atoms. The summed E-state index contributed by atoms with van der Waals surface area (Å²) < 4.78 is 0. The predicted molar refractivity (Wildman–Crippen MR) is 59.3 cm³/mol. The minimum absolute atomic E-state index is 0.231. The van der Waals surface area contributed by atoms with Crippen LogP contribution in [0.5, 0.6) is 17.2 Å². The largest absolute Gasteiger partial charge is 0.504 e. The summed E-state index contributed by atoms with van der Waals surface area (Å²) in [5.74, 6) is -0.964. The number of aryl methyl sites for hydroxylation is 1. The highest BCUT2D eigenvalue weighted by atomic mass is 16.3. The van der Waals surface area contributed by atoms with Crippen LogP contribution in [0.3, 0.4) is 0 Å². The van der Waals surface area contributed by atoms with Crippen LogP contribution in [0.25, 0.3) is 0 Å². The van der Waals surface area contributed by atoms with E-state index in [-0.39, 0.29) is 11.5 Å². The number of hydrogen-bond donors (Lipinski definition) is 3. The van der Waals surface area contributed by atoms with Crippen LogP contribution < -0.4 is 0 Å². The molecule has 0 radical (unpaired) electrons. The highest BCUT2D eigenvalue weighted by Crippen LogP contribution is 2.39. The van der Waals surface area contributed by atoms with Gasteiger partial charge in [-0.3, -0.25) is 0 Å². The van der Waals surface area contributed by atoms with Crippen molar-refractivity contribution in [2.45, 2.75) is 27.2 Å². The van der Waals surface area contributed by atoms with Crippen LogP contribution in [-0.4, -0.2) is 15.3 Å². The molecule has 3 nitrogen and oxygen atoms in total. The SMILES string of the molecule is CC(C)=CCc1c(C)cc(O)c(O)c1O. The molecule has 0 atom stereocenters. The molecule has 0 heterocycles. The van der Waals surface area contributed by atoms with Gasteiger partial charge in [-0.25, -0.2) is 0 Å². The molecule has 0 aromatic heterocycles. The molecule has 1 aromatic rings. The van der Waals surface area contributed by atoms with Gasteiger partial charge in [0.2, 0.25) is 5.75 Å². The zero-order valence-electron chi connectivity index (χ0n) is 9.20. The van der Waals surface area contributed by atoms with Gasteiger partial charge in [-0.05, 0) is 38.8 Å². The Hall–Kier alpha value is -1.64. The molecule has 0 saturated carbocycles. The van der Waals surface area contributed by atoms with Gasteiger partial charge in [-0.1, -0.05) is 11.6 Å². The maximum absolute atomic E-state index is 9.63. The van der Waals surface area contributed by atoms with E-state index in [0.717, 1.165) is 11.1 Å². The fourth-order valence-electron chi connectivity index (χ4n) is 1.38. The summed E-state index contributed by atoms with van der Waals surface area (Å²) in [5.41, 5.74) is 2.55. The van der Waals surface area contributed by atoms with Gasteiger partial charge in [-0.2, -0.15) is 0 Å². The van der Waals surface area contributed by atoms with Crippen LogP contribution in [0.2, 0.25) is 0 Å². The first-order valence-electron chi connectivity index (χ1n) is 4.80. The Morgan fingerprint density at radius 1 is 1.20 bits per heavy atom. The van der Waals surface area contributed by atoms with Crippen molar-refractivity contribution in [2.24, 2.45) is 0 Å². The zero-order chi connectivity index (χ0) is 11.6. The summed E-state index contributed by atoms with van der Waals surface area (Å²) in [5, 5.41) is 28.2. The summed E-state index contributed by atoms with van der Waals surface area (Å²) in [6.45, 7) is 5.71. The first kappa shape index (κ1) is 11.4. The predicted octanol–water partition coefficient (Wildman–Crippen LogP) is 2.62. The summed E-state index contributed by atoms with van der Waals surface area (Å²) in [6, 6.07) is 1.45. The quantitative estimate of drug-likeness (QED) is 0.517. The van der Waals surface area contributed by atoms with Crippen LogP contribution in [0.1, 0.15) is 25.0 Å². The van der Waals surface area contributed by atoms with Crippen molar-refractivity contribution < 1.29 is 15.3 Å². The Bertz CT molecular complexity index is 402. The van der Waals surface area contributed by atoms with E-state index in [0.29, 0.717) is 12.0 Å². The van der Waals surface area contributed by atoms with Gasteiger partial charge in [-0.15, -0.1) is 0 Å². The molecule has 0 aliphatic heterocycles. The number of phenolic OH excluding ortho intramolecular Hbond substituents is 3. The third-order valence-electron chi connectivity index (χ3n) is 2.30. The standard InChI is InChI=1S/C12H16O3/c1-7(2)4-5-9-8(3)6-10(13)12(15)11(9)14/h4,6,13-15H,5H2,1-3H3. The molecule has 1 aromatic carbocycles. The van der Waals surface area contributed by atoms with Gasteiger partial charge >= 0.3 is 0 Å². The average molecular weight is 208 g/mol. The maximum atomic E-state index is 9.63. The van der Waals surface area contributed by atoms with Crippen molar-refractivity contribution >= 4 is 0 Å².